The van der Waals surface area contributed by atoms with Gasteiger partial charge in [-0.15, -0.1) is 0 Å². The van der Waals surface area contributed by atoms with Gasteiger partial charge in [-0.2, -0.15) is 4.31 Å². The smallest absolute Gasteiger partial charge is 0.243 e. The first-order valence-corrected chi connectivity index (χ1v) is 9.87. The van der Waals surface area contributed by atoms with Crippen LogP contribution in [0.3, 0.4) is 0 Å². The number of rotatable bonds is 4. The Morgan fingerprint density at radius 3 is 2.56 bits per heavy atom. The van der Waals surface area contributed by atoms with Gasteiger partial charge in [0, 0.05) is 36.4 Å². The summed E-state index contributed by atoms with van der Waals surface area (Å²) < 4.78 is 31.9. The number of sulfonamides is 1. The number of hydrogen-bond acceptors (Lipinski definition) is 7. The lowest BCUT2D eigenvalue weighted by Crippen LogP contribution is -2.40. The Morgan fingerprint density at radius 1 is 1.07 bits per heavy atom. The van der Waals surface area contributed by atoms with E-state index in [1.165, 1.54) is 4.31 Å². The highest BCUT2D eigenvalue weighted by molar-refractivity contribution is 7.89. The lowest BCUT2D eigenvalue weighted by atomic mass is 10.2. The molecule has 1 saturated heterocycles. The predicted molar refractivity (Wildman–Crippen MR) is 101 cm³/mol. The normalized spacial score (nSPS) is 15.7. The van der Waals surface area contributed by atoms with Gasteiger partial charge in [-0.05, 0) is 36.4 Å². The predicted octanol–water partition coefficient (Wildman–Crippen LogP) is 2.10. The van der Waals surface area contributed by atoms with Crippen molar-refractivity contribution >= 4 is 32.6 Å². The summed E-state index contributed by atoms with van der Waals surface area (Å²) in [5, 5.41) is 13.4. The topological polar surface area (TPSA) is 105 Å². The van der Waals surface area contributed by atoms with E-state index in [4.69, 9.17) is 4.74 Å². The highest BCUT2D eigenvalue weighted by Gasteiger charge is 2.26. The molecule has 4 rings (SSSR count). The van der Waals surface area contributed by atoms with E-state index < -0.39 is 10.0 Å². The zero-order valence-electron chi connectivity index (χ0n) is 14.4. The van der Waals surface area contributed by atoms with Crippen molar-refractivity contribution < 1.29 is 18.3 Å². The van der Waals surface area contributed by atoms with Gasteiger partial charge < -0.3 is 15.2 Å². The van der Waals surface area contributed by atoms with Crippen LogP contribution in [0.2, 0.25) is 0 Å². The lowest BCUT2D eigenvalue weighted by molar-refractivity contribution is 0.0730. The highest BCUT2D eigenvalue weighted by Crippen LogP contribution is 2.22. The van der Waals surface area contributed by atoms with Crippen molar-refractivity contribution in [3.8, 4) is 5.75 Å². The standard InChI is InChI=1S/C18H18N4O4S/c23-15-4-1-13-12-19-18(21-17(13)11-15)20-14-2-5-16(6-3-14)27(24,25)22-7-9-26-10-8-22/h1-6,11-12,23H,7-10H2,(H,19,20,21). The number of ether oxygens (including phenoxy) is 1. The molecule has 1 fully saturated rings. The van der Waals surface area contributed by atoms with Gasteiger partial charge >= 0.3 is 0 Å². The number of fused-ring (bicyclic) bond motifs is 1. The average molecular weight is 386 g/mol. The number of morpholine rings is 1. The second kappa shape index (κ2) is 7.10. The van der Waals surface area contributed by atoms with E-state index in [-0.39, 0.29) is 10.6 Å². The Labute approximate surface area is 156 Å². The number of phenols is 1. The Hall–Kier alpha value is -2.75. The van der Waals surface area contributed by atoms with Gasteiger partial charge in [0.1, 0.15) is 5.75 Å². The second-order valence-electron chi connectivity index (χ2n) is 6.10. The molecule has 1 aliphatic rings. The molecule has 0 bridgehead atoms. The van der Waals surface area contributed by atoms with Crippen LogP contribution in [-0.2, 0) is 14.8 Å². The van der Waals surface area contributed by atoms with Crippen LogP contribution in [0.15, 0.2) is 53.6 Å². The molecule has 9 heteroatoms. The van der Waals surface area contributed by atoms with Gasteiger partial charge in [0.25, 0.3) is 0 Å². The average Bonchev–Trinajstić information content (AvgIpc) is 2.69. The Balaban J connectivity index is 1.54. The van der Waals surface area contributed by atoms with Crippen LogP contribution in [0.5, 0.6) is 5.75 Å². The fourth-order valence-corrected chi connectivity index (χ4v) is 4.26. The Morgan fingerprint density at radius 2 is 1.81 bits per heavy atom. The van der Waals surface area contributed by atoms with Crippen LogP contribution in [0.4, 0.5) is 11.6 Å². The Kier molecular flexibility index (Phi) is 4.65. The highest BCUT2D eigenvalue weighted by atomic mass is 32.2. The molecule has 27 heavy (non-hydrogen) atoms. The first kappa shape index (κ1) is 17.7. The number of aromatic hydroxyl groups is 1. The van der Waals surface area contributed by atoms with Gasteiger partial charge in [-0.1, -0.05) is 0 Å². The largest absolute Gasteiger partial charge is 0.508 e. The van der Waals surface area contributed by atoms with E-state index in [0.717, 1.165) is 5.39 Å². The number of hydrogen-bond donors (Lipinski definition) is 2. The monoisotopic (exact) mass is 386 g/mol. The molecule has 0 saturated carbocycles. The zero-order valence-corrected chi connectivity index (χ0v) is 15.2. The van der Waals surface area contributed by atoms with Gasteiger partial charge in [0.05, 0.1) is 23.6 Å². The van der Waals surface area contributed by atoms with Crippen LogP contribution in [0, 0.1) is 0 Å². The Bertz CT molecular complexity index is 1060. The fourth-order valence-electron chi connectivity index (χ4n) is 2.85. The molecule has 2 N–H and O–H groups in total. The molecule has 0 unspecified atom stereocenters. The van der Waals surface area contributed by atoms with Crippen LogP contribution < -0.4 is 5.32 Å². The number of aromatic nitrogens is 2. The van der Waals surface area contributed by atoms with Crippen molar-refractivity contribution in [1.29, 1.82) is 0 Å². The van der Waals surface area contributed by atoms with E-state index in [1.54, 1.807) is 48.7 Å². The summed E-state index contributed by atoms with van der Waals surface area (Å²) in [5.41, 5.74) is 1.27. The molecular weight excluding hydrogens is 368 g/mol. The summed E-state index contributed by atoms with van der Waals surface area (Å²) in [6.07, 6.45) is 1.65. The van der Waals surface area contributed by atoms with Crippen LogP contribution in [0.25, 0.3) is 10.9 Å². The van der Waals surface area contributed by atoms with E-state index in [9.17, 15) is 13.5 Å². The van der Waals surface area contributed by atoms with E-state index in [1.807, 2.05) is 0 Å². The van der Waals surface area contributed by atoms with Crippen molar-refractivity contribution in [2.45, 2.75) is 4.90 Å². The minimum absolute atomic E-state index is 0.129. The molecule has 1 aliphatic heterocycles. The molecule has 3 aromatic rings. The van der Waals surface area contributed by atoms with Gasteiger partial charge in [-0.25, -0.2) is 18.4 Å². The maximum atomic E-state index is 12.6. The molecule has 0 atom stereocenters. The molecule has 0 amide bonds. The summed E-state index contributed by atoms with van der Waals surface area (Å²) in [7, 11) is -3.52. The van der Waals surface area contributed by atoms with E-state index in [2.05, 4.69) is 15.3 Å². The summed E-state index contributed by atoms with van der Waals surface area (Å²) >= 11 is 0. The summed E-state index contributed by atoms with van der Waals surface area (Å²) in [6, 6.07) is 11.3. The minimum Gasteiger partial charge on any atom is -0.508 e. The number of nitrogens with zero attached hydrogens (tertiary/aromatic N) is 3. The first-order valence-electron chi connectivity index (χ1n) is 8.43. The SMILES string of the molecule is O=S(=O)(c1ccc(Nc2ncc3ccc(O)cc3n2)cc1)N1CCOCC1. The molecule has 0 radical (unpaired) electrons. The van der Waals surface area contributed by atoms with Crippen molar-refractivity contribution in [3.63, 3.8) is 0 Å². The lowest BCUT2D eigenvalue weighted by Gasteiger charge is -2.26. The van der Waals surface area contributed by atoms with Crippen molar-refractivity contribution in [2.75, 3.05) is 31.6 Å². The second-order valence-corrected chi connectivity index (χ2v) is 8.04. The molecule has 2 aromatic carbocycles. The third-order valence-electron chi connectivity index (χ3n) is 4.28. The maximum absolute atomic E-state index is 12.6. The fraction of sp³-hybridized carbons (Fsp3) is 0.222. The van der Waals surface area contributed by atoms with E-state index >= 15 is 0 Å². The summed E-state index contributed by atoms with van der Waals surface area (Å²) in [4.78, 5) is 8.82. The van der Waals surface area contributed by atoms with Crippen LogP contribution in [-0.4, -0.2) is 54.1 Å². The van der Waals surface area contributed by atoms with Crippen LogP contribution >= 0.6 is 0 Å². The summed E-state index contributed by atoms with van der Waals surface area (Å²) in [6.45, 7) is 1.54. The number of phenolic OH excluding ortho intramolecular Hbond substituents is 1. The molecule has 140 valence electrons. The zero-order chi connectivity index (χ0) is 18.9. The van der Waals surface area contributed by atoms with Crippen molar-refractivity contribution in [3.05, 3.63) is 48.7 Å². The van der Waals surface area contributed by atoms with Gasteiger partial charge in [0.2, 0.25) is 16.0 Å². The quantitative estimate of drug-likeness (QED) is 0.707. The molecule has 8 nitrogen and oxygen atoms in total. The van der Waals surface area contributed by atoms with E-state index in [0.29, 0.717) is 43.5 Å². The minimum atomic E-state index is -3.52. The molecule has 2 heterocycles. The number of benzene rings is 2. The molecule has 1 aromatic heterocycles. The first-order chi connectivity index (χ1) is 13.0. The van der Waals surface area contributed by atoms with Crippen LogP contribution in [0.1, 0.15) is 0 Å². The molecular formula is C18H18N4O4S. The third-order valence-corrected chi connectivity index (χ3v) is 6.20. The third kappa shape index (κ3) is 3.70. The number of anilines is 2. The van der Waals surface area contributed by atoms with Gasteiger partial charge in [-0.3, -0.25) is 0 Å². The number of nitrogens with one attached hydrogen (secondary N) is 1. The maximum Gasteiger partial charge on any atom is 0.243 e. The summed E-state index contributed by atoms with van der Waals surface area (Å²) in [5.74, 6) is 0.488. The van der Waals surface area contributed by atoms with Gasteiger partial charge in [0.15, 0.2) is 0 Å². The van der Waals surface area contributed by atoms with Crippen molar-refractivity contribution in [1.82, 2.24) is 14.3 Å². The van der Waals surface area contributed by atoms with Crippen molar-refractivity contribution in [2.24, 2.45) is 0 Å². The molecule has 0 aliphatic carbocycles. The molecule has 0 spiro atoms.